The van der Waals surface area contributed by atoms with Gasteiger partial charge in [0.15, 0.2) is 46.5 Å². The van der Waals surface area contributed by atoms with Gasteiger partial charge < -0.3 is 9.88 Å². The van der Waals surface area contributed by atoms with Gasteiger partial charge in [0.25, 0.3) is 0 Å². The Morgan fingerprint density at radius 2 is 1.05 bits per heavy atom. The van der Waals surface area contributed by atoms with Crippen molar-refractivity contribution in [3.8, 4) is 0 Å². The van der Waals surface area contributed by atoms with Crippen LogP contribution in [0.2, 0.25) is 0 Å². The summed E-state index contributed by atoms with van der Waals surface area (Å²) in [7, 11) is 0. The maximum Gasteiger partial charge on any atom is 0.200 e. The van der Waals surface area contributed by atoms with Crippen LogP contribution in [0.25, 0.3) is 33.2 Å². The van der Waals surface area contributed by atoms with Crippen LogP contribution in [0.4, 0.5) is 61.0 Å². The Labute approximate surface area is 330 Å². The fraction of sp³-hybridized carbons (Fsp3) is 0.0435. The highest BCUT2D eigenvalue weighted by Gasteiger charge is 2.66. The summed E-state index contributed by atoms with van der Waals surface area (Å²) >= 11 is 0. The summed E-state index contributed by atoms with van der Waals surface area (Å²) in [6.45, 7) is 0. The molecule has 4 nitrogen and oxygen atoms in total. The Morgan fingerprint density at radius 3 is 1.75 bits per heavy atom. The van der Waals surface area contributed by atoms with Gasteiger partial charge in [0.1, 0.15) is 5.84 Å². The fourth-order valence-electron chi connectivity index (χ4n) is 10.0. The second-order valence-electron chi connectivity index (χ2n) is 14.9. The molecule has 2 atom stereocenters. The third-order valence-corrected chi connectivity index (χ3v) is 12.2. The summed E-state index contributed by atoms with van der Waals surface area (Å²) in [6.07, 6.45) is 0. The highest BCUT2D eigenvalue weighted by molar-refractivity contribution is 6.47. The van der Waals surface area contributed by atoms with Gasteiger partial charge in [-0.25, -0.2) is 53.9 Å². The standard InChI is InChI=1S/C46H18F10N4/c47-32-29(33(48)37(52)40(55)36(32)51)28-25-17-9-1-5-13-21(17)57-42(25)43-46(20-12-4-7-15-23(20)58-43)31(30-34(49)38(53)41(56)39(54)35(30)50)27-18-10-2-6-14-22(18)59-45(27)60-24-16-8-3-11-19(24)26(28)44(46)60/h1-16,44,57H. The zero-order valence-electron chi connectivity index (χ0n) is 29.9. The number of hydrogen-bond donors (Lipinski definition) is 1. The highest BCUT2D eigenvalue weighted by Crippen LogP contribution is 2.68. The van der Waals surface area contributed by atoms with E-state index in [-0.39, 0.29) is 67.4 Å². The Hall–Kier alpha value is -7.22. The fourth-order valence-corrected chi connectivity index (χ4v) is 10.0. The van der Waals surface area contributed by atoms with Crippen molar-refractivity contribution in [2.45, 2.75) is 11.5 Å². The van der Waals surface area contributed by atoms with Crippen molar-refractivity contribution in [1.82, 2.24) is 4.98 Å². The van der Waals surface area contributed by atoms with Crippen molar-refractivity contribution >= 4 is 61.8 Å². The first kappa shape index (κ1) is 34.8. The number of rotatable bonds is 2. The predicted molar refractivity (Wildman–Crippen MR) is 204 cm³/mol. The number of fused-ring (bicyclic) bond motifs is 12. The first-order valence-electron chi connectivity index (χ1n) is 18.4. The van der Waals surface area contributed by atoms with Crippen molar-refractivity contribution in [2.24, 2.45) is 9.98 Å². The molecule has 14 heteroatoms. The summed E-state index contributed by atoms with van der Waals surface area (Å²) in [5.74, 6) is -22.5. The van der Waals surface area contributed by atoms with Gasteiger partial charge in [-0.15, -0.1) is 0 Å². The number of aromatic amines is 1. The molecule has 6 aromatic carbocycles. The number of benzene rings is 6. The minimum atomic E-state index is -2.41. The number of nitrogens with one attached hydrogen (secondary N) is 1. The molecular weight excluding hydrogens is 799 g/mol. The molecule has 7 aromatic rings. The van der Waals surface area contributed by atoms with Gasteiger partial charge in [-0.2, -0.15) is 0 Å². The van der Waals surface area contributed by atoms with E-state index in [1.54, 1.807) is 102 Å². The van der Waals surface area contributed by atoms with Crippen molar-refractivity contribution in [3.05, 3.63) is 194 Å². The van der Waals surface area contributed by atoms with Gasteiger partial charge in [0, 0.05) is 38.7 Å². The minimum absolute atomic E-state index is 0.0378. The van der Waals surface area contributed by atoms with Crippen molar-refractivity contribution in [3.63, 3.8) is 0 Å². The van der Waals surface area contributed by atoms with Crippen LogP contribution in [0.1, 0.15) is 39.1 Å². The molecule has 0 fully saturated rings. The summed E-state index contributed by atoms with van der Waals surface area (Å²) in [5.41, 5.74) is -4.49. The van der Waals surface area contributed by atoms with E-state index >= 15 is 35.1 Å². The van der Waals surface area contributed by atoms with Crippen LogP contribution in [0.3, 0.4) is 0 Å². The Bertz CT molecular complexity index is 3300. The number of para-hydroxylation sites is 4. The normalized spacial score (nSPS) is 19.1. The summed E-state index contributed by atoms with van der Waals surface area (Å²) < 4.78 is 160. The van der Waals surface area contributed by atoms with E-state index in [1.807, 2.05) is 0 Å². The van der Waals surface area contributed by atoms with Gasteiger partial charge in [0.05, 0.1) is 51.1 Å². The van der Waals surface area contributed by atoms with E-state index in [9.17, 15) is 8.78 Å². The molecule has 60 heavy (non-hydrogen) atoms. The molecule has 1 N–H and O–H groups in total. The SMILES string of the molecule is Fc1c(F)c(F)c(C2=C3c4ccccc4N4C5=Nc6ccccc6C5=C(c5c(F)c(F)c(F)c(F)c5F)C5(C(=Nc6ccccc65)c5[nH]c6ccccc6c52)C34)c(F)c1F. The molecule has 2 unspecified atom stereocenters. The molecule has 5 heterocycles. The number of nitrogens with zero attached hydrogens (tertiary/aromatic N) is 3. The minimum Gasteiger partial charge on any atom is -0.353 e. The van der Waals surface area contributed by atoms with E-state index < -0.39 is 91.9 Å². The molecule has 1 aromatic heterocycles. The average molecular weight is 817 g/mol. The van der Waals surface area contributed by atoms with Gasteiger partial charge in [-0.3, -0.25) is 0 Å². The second-order valence-corrected chi connectivity index (χ2v) is 14.9. The quantitative estimate of drug-likeness (QED) is 0.105. The molecule has 292 valence electrons. The second kappa shape index (κ2) is 11.5. The lowest BCUT2D eigenvalue weighted by Crippen LogP contribution is -2.58. The summed E-state index contributed by atoms with van der Waals surface area (Å²) in [4.78, 5) is 14.8. The number of H-pyrrole nitrogens is 1. The first-order chi connectivity index (χ1) is 29.0. The van der Waals surface area contributed by atoms with Crippen LogP contribution < -0.4 is 4.90 Å². The zero-order valence-corrected chi connectivity index (χ0v) is 29.9. The first-order valence-corrected chi connectivity index (χ1v) is 18.4. The zero-order chi connectivity index (χ0) is 41.3. The monoisotopic (exact) mass is 816 g/mol. The Kier molecular flexibility index (Phi) is 6.66. The molecule has 0 amide bonds. The van der Waals surface area contributed by atoms with Crippen LogP contribution in [-0.2, 0) is 5.41 Å². The topological polar surface area (TPSA) is 43.8 Å². The Morgan fingerprint density at radius 1 is 0.500 bits per heavy atom. The van der Waals surface area contributed by atoms with Crippen LogP contribution in [0.5, 0.6) is 0 Å². The molecule has 0 saturated heterocycles. The lowest BCUT2D eigenvalue weighted by atomic mass is 9.59. The van der Waals surface area contributed by atoms with Gasteiger partial charge in [-0.1, -0.05) is 72.8 Å². The molecule has 5 aliphatic rings. The number of hydrogen-bond acceptors (Lipinski definition) is 3. The van der Waals surface area contributed by atoms with Crippen LogP contribution in [0.15, 0.2) is 107 Å². The summed E-state index contributed by atoms with van der Waals surface area (Å²) in [5, 5.41) is 0.232. The number of anilines is 1. The molecule has 0 radical (unpaired) electrons. The third kappa shape index (κ3) is 3.85. The molecule has 1 aliphatic carbocycles. The lowest BCUT2D eigenvalue weighted by Gasteiger charge is -2.49. The van der Waals surface area contributed by atoms with Gasteiger partial charge in [-0.05, 0) is 41.0 Å². The van der Waals surface area contributed by atoms with E-state index in [0.29, 0.717) is 11.2 Å². The van der Waals surface area contributed by atoms with Gasteiger partial charge in [0.2, 0.25) is 11.6 Å². The van der Waals surface area contributed by atoms with Crippen LogP contribution in [0, 0.1) is 58.2 Å². The molecule has 1 spiro atoms. The average Bonchev–Trinajstić information content (AvgIpc) is 4.01. The van der Waals surface area contributed by atoms with Crippen molar-refractivity contribution in [2.75, 3.05) is 4.90 Å². The molecule has 12 rings (SSSR count). The van der Waals surface area contributed by atoms with Crippen LogP contribution in [-0.4, -0.2) is 22.6 Å². The molecule has 0 bridgehead atoms. The van der Waals surface area contributed by atoms with Crippen molar-refractivity contribution < 1.29 is 43.9 Å². The van der Waals surface area contributed by atoms with Crippen LogP contribution >= 0.6 is 0 Å². The number of halogens is 10. The number of aliphatic imine (C=N–C) groups is 2. The smallest absolute Gasteiger partial charge is 0.200 e. The maximum absolute atomic E-state index is 16.9. The maximum atomic E-state index is 16.9. The van der Waals surface area contributed by atoms with Crippen molar-refractivity contribution in [1.29, 1.82) is 0 Å². The molecule has 4 aliphatic heterocycles. The van der Waals surface area contributed by atoms with E-state index in [1.165, 1.54) is 0 Å². The largest absolute Gasteiger partial charge is 0.353 e. The van der Waals surface area contributed by atoms with E-state index in [2.05, 4.69) is 4.98 Å². The number of aromatic nitrogens is 1. The number of amidine groups is 1. The Balaban J connectivity index is 1.40. The van der Waals surface area contributed by atoms with Gasteiger partial charge >= 0.3 is 0 Å². The lowest BCUT2D eigenvalue weighted by molar-refractivity contribution is 0.375. The summed E-state index contributed by atoms with van der Waals surface area (Å²) in [6, 6.07) is 24.0. The molecule has 0 saturated carbocycles. The predicted octanol–water partition coefficient (Wildman–Crippen LogP) is 11.8. The van der Waals surface area contributed by atoms with E-state index in [0.717, 1.165) is 0 Å². The third-order valence-electron chi connectivity index (χ3n) is 12.2. The molecular formula is C46H18F10N4. The van der Waals surface area contributed by atoms with E-state index in [4.69, 9.17) is 9.98 Å². The highest BCUT2D eigenvalue weighted by atomic mass is 19.2.